The molecule has 0 atom stereocenters. The summed E-state index contributed by atoms with van der Waals surface area (Å²) in [6, 6.07) is 8.21. The van der Waals surface area contributed by atoms with Crippen LogP contribution in [0.3, 0.4) is 0 Å². The summed E-state index contributed by atoms with van der Waals surface area (Å²) in [7, 11) is 1.98. The minimum atomic E-state index is -0.373. The molecule has 0 amide bonds. The molecule has 2 aliphatic heterocycles. The molecule has 5 nitrogen and oxygen atoms in total. The minimum Gasteiger partial charge on any atom is -0.486 e. The van der Waals surface area contributed by atoms with Gasteiger partial charge in [-0.1, -0.05) is 0 Å². The molecule has 1 saturated heterocycles. The van der Waals surface area contributed by atoms with Gasteiger partial charge < -0.3 is 19.1 Å². The molecule has 0 N–H and O–H groups in total. The molecule has 2 heterocycles. The highest BCUT2D eigenvalue weighted by molar-refractivity contribution is 5.56. The fourth-order valence-electron chi connectivity index (χ4n) is 2.35. The molecule has 0 aliphatic carbocycles. The summed E-state index contributed by atoms with van der Waals surface area (Å²) < 4.78 is 16.2. The van der Waals surface area contributed by atoms with E-state index in [2.05, 4.69) is 11.0 Å². The van der Waals surface area contributed by atoms with E-state index < -0.39 is 0 Å². The van der Waals surface area contributed by atoms with E-state index in [9.17, 15) is 5.26 Å². The maximum Gasteiger partial charge on any atom is 0.163 e. The molecule has 1 aromatic carbocycles. The molecule has 0 radical (unpaired) electrons. The topological polar surface area (TPSA) is 54.7 Å². The van der Waals surface area contributed by atoms with Crippen molar-refractivity contribution in [1.29, 1.82) is 5.26 Å². The van der Waals surface area contributed by atoms with E-state index in [1.807, 2.05) is 25.2 Å². The van der Waals surface area contributed by atoms with Gasteiger partial charge in [-0.15, -0.1) is 0 Å². The first-order valence-electron chi connectivity index (χ1n) is 6.32. The average molecular weight is 260 g/mol. The molecule has 0 bridgehead atoms. The van der Waals surface area contributed by atoms with E-state index in [4.69, 9.17) is 14.2 Å². The van der Waals surface area contributed by atoms with Gasteiger partial charge in [0.1, 0.15) is 18.6 Å². The summed E-state index contributed by atoms with van der Waals surface area (Å²) in [5.41, 5.74) is 0.646. The van der Waals surface area contributed by atoms with Crippen molar-refractivity contribution in [3.63, 3.8) is 0 Å². The third-order valence-corrected chi connectivity index (χ3v) is 3.50. The number of hydrogen-bond donors (Lipinski definition) is 0. The first-order chi connectivity index (χ1) is 9.22. The Labute approximate surface area is 112 Å². The van der Waals surface area contributed by atoms with Crippen LogP contribution < -0.4 is 14.4 Å². The van der Waals surface area contributed by atoms with Crippen molar-refractivity contribution in [1.82, 2.24) is 0 Å². The van der Waals surface area contributed by atoms with Crippen LogP contribution in [0.15, 0.2) is 18.2 Å². The maximum absolute atomic E-state index is 9.22. The van der Waals surface area contributed by atoms with Crippen molar-refractivity contribution >= 4 is 5.69 Å². The number of benzene rings is 1. The van der Waals surface area contributed by atoms with Crippen LogP contribution in [-0.2, 0) is 4.74 Å². The monoisotopic (exact) mass is 260 g/mol. The van der Waals surface area contributed by atoms with E-state index in [-0.39, 0.29) is 5.41 Å². The Morgan fingerprint density at radius 1 is 1.26 bits per heavy atom. The van der Waals surface area contributed by atoms with E-state index in [1.54, 1.807) is 0 Å². The third kappa shape index (κ3) is 2.20. The summed E-state index contributed by atoms with van der Waals surface area (Å²) in [5.74, 6) is 1.55. The SMILES string of the molecule is CN(CC1(C#N)COC1)c1ccc2c(c1)OCCO2. The van der Waals surface area contributed by atoms with Crippen LogP contribution in [0.2, 0.25) is 0 Å². The maximum atomic E-state index is 9.22. The molecule has 0 spiro atoms. The van der Waals surface area contributed by atoms with E-state index in [0.717, 1.165) is 17.2 Å². The highest BCUT2D eigenvalue weighted by atomic mass is 16.6. The predicted octanol–water partition coefficient (Wildman–Crippen LogP) is 1.43. The fraction of sp³-hybridized carbons (Fsp3) is 0.500. The Balaban J connectivity index is 1.76. The zero-order chi connectivity index (χ0) is 13.3. The summed E-state index contributed by atoms with van der Waals surface area (Å²) in [6.07, 6.45) is 0. The smallest absolute Gasteiger partial charge is 0.163 e. The van der Waals surface area contributed by atoms with Gasteiger partial charge in [-0.3, -0.25) is 0 Å². The normalized spacial score (nSPS) is 19.2. The van der Waals surface area contributed by atoms with E-state index in [1.165, 1.54) is 0 Å². The second-order valence-corrected chi connectivity index (χ2v) is 5.07. The lowest BCUT2D eigenvalue weighted by atomic mass is 9.87. The van der Waals surface area contributed by atoms with Crippen molar-refractivity contribution in [2.24, 2.45) is 5.41 Å². The molecule has 100 valence electrons. The Morgan fingerprint density at radius 3 is 2.63 bits per heavy atom. The number of ether oxygens (including phenoxy) is 3. The molecule has 2 aliphatic rings. The van der Waals surface area contributed by atoms with Gasteiger partial charge in [-0.25, -0.2) is 0 Å². The minimum absolute atomic E-state index is 0.373. The Bertz CT molecular complexity index is 520. The van der Waals surface area contributed by atoms with Gasteiger partial charge in [-0.2, -0.15) is 5.26 Å². The van der Waals surface area contributed by atoms with Crippen molar-refractivity contribution in [3.05, 3.63) is 18.2 Å². The second kappa shape index (κ2) is 4.63. The second-order valence-electron chi connectivity index (χ2n) is 5.07. The lowest BCUT2D eigenvalue weighted by Gasteiger charge is -2.38. The van der Waals surface area contributed by atoms with Crippen molar-refractivity contribution in [3.8, 4) is 17.6 Å². The number of fused-ring (bicyclic) bond motifs is 1. The van der Waals surface area contributed by atoms with Crippen LogP contribution >= 0.6 is 0 Å². The highest BCUT2D eigenvalue weighted by Gasteiger charge is 2.40. The van der Waals surface area contributed by atoms with Crippen molar-refractivity contribution < 1.29 is 14.2 Å². The van der Waals surface area contributed by atoms with Crippen molar-refractivity contribution in [2.45, 2.75) is 0 Å². The van der Waals surface area contributed by atoms with Gasteiger partial charge in [0, 0.05) is 25.3 Å². The van der Waals surface area contributed by atoms with Gasteiger partial charge in [-0.05, 0) is 12.1 Å². The standard InChI is InChI=1S/C14H16N2O3/c1-16(8-14(7-15)9-17-10-14)11-2-3-12-13(6-11)19-5-4-18-12/h2-3,6H,4-5,8-10H2,1H3. The molecule has 1 fully saturated rings. The van der Waals surface area contributed by atoms with Crippen molar-refractivity contribution in [2.75, 3.05) is 44.9 Å². The molecule has 0 aromatic heterocycles. The molecule has 0 saturated carbocycles. The average Bonchev–Trinajstić information content (AvgIpc) is 2.42. The molecular formula is C14H16N2O3. The molecule has 5 heteroatoms. The van der Waals surface area contributed by atoms with Gasteiger partial charge in [0.2, 0.25) is 0 Å². The van der Waals surface area contributed by atoms with Crippen LogP contribution in [0, 0.1) is 16.7 Å². The molecule has 3 rings (SSSR count). The van der Waals surface area contributed by atoms with Crippen LogP contribution in [0.4, 0.5) is 5.69 Å². The Morgan fingerprint density at radius 2 is 2.00 bits per heavy atom. The zero-order valence-electron chi connectivity index (χ0n) is 10.9. The number of anilines is 1. The van der Waals surface area contributed by atoms with E-state index in [0.29, 0.717) is 33.0 Å². The van der Waals surface area contributed by atoms with E-state index >= 15 is 0 Å². The predicted molar refractivity (Wildman–Crippen MR) is 69.6 cm³/mol. The van der Waals surface area contributed by atoms with Gasteiger partial charge in [0.15, 0.2) is 11.5 Å². The number of nitriles is 1. The van der Waals surface area contributed by atoms with Crippen LogP contribution in [0.25, 0.3) is 0 Å². The molecular weight excluding hydrogens is 244 g/mol. The number of nitrogens with zero attached hydrogens (tertiary/aromatic N) is 2. The summed E-state index contributed by atoms with van der Waals surface area (Å²) in [6.45, 7) is 2.85. The first kappa shape index (κ1) is 12.1. The Hall–Kier alpha value is -1.93. The quantitative estimate of drug-likeness (QED) is 0.823. The number of hydrogen-bond acceptors (Lipinski definition) is 5. The molecule has 0 unspecified atom stereocenters. The largest absolute Gasteiger partial charge is 0.486 e. The Kier molecular flexibility index (Phi) is 2.96. The zero-order valence-corrected chi connectivity index (χ0v) is 10.9. The molecule has 19 heavy (non-hydrogen) atoms. The fourth-order valence-corrected chi connectivity index (χ4v) is 2.35. The lowest BCUT2D eigenvalue weighted by molar-refractivity contribution is -0.0716. The van der Waals surface area contributed by atoms with Crippen LogP contribution in [0.1, 0.15) is 0 Å². The summed E-state index contributed by atoms with van der Waals surface area (Å²) >= 11 is 0. The lowest BCUT2D eigenvalue weighted by Crippen LogP contribution is -2.49. The third-order valence-electron chi connectivity index (χ3n) is 3.50. The summed E-state index contributed by atoms with van der Waals surface area (Å²) in [4.78, 5) is 2.06. The summed E-state index contributed by atoms with van der Waals surface area (Å²) in [5, 5.41) is 9.22. The van der Waals surface area contributed by atoms with Gasteiger partial charge >= 0.3 is 0 Å². The van der Waals surface area contributed by atoms with Crippen LogP contribution in [0.5, 0.6) is 11.5 Å². The van der Waals surface area contributed by atoms with Gasteiger partial charge in [0.05, 0.1) is 19.3 Å². The molecule has 1 aromatic rings. The van der Waals surface area contributed by atoms with Gasteiger partial charge in [0.25, 0.3) is 0 Å². The van der Waals surface area contributed by atoms with Crippen LogP contribution in [-0.4, -0.2) is 40.0 Å². The number of rotatable bonds is 3. The first-order valence-corrected chi connectivity index (χ1v) is 6.32. The highest BCUT2D eigenvalue weighted by Crippen LogP contribution is 2.35.